The van der Waals surface area contributed by atoms with Crippen LogP contribution < -0.4 is 5.73 Å². The van der Waals surface area contributed by atoms with Gasteiger partial charge in [-0.3, -0.25) is 0 Å². The van der Waals surface area contributed by atoms with Gasteiger partial charge in [0, 0.05) is 18.8 Å². The Labute approximate surface area is 95.6 Å². The van der Waals surface area contributed by atoms with E-state index in [1.165, 1.54) is 6.42 Å². The molecule has 0 spiro atoms. The second-order valence-electron chi connectivity index (χ2n) is 4.00. The maximum Gasteiger partial charge on any atom is 0.191 e. The van der Waals surface area contributed by atoms with Gasteiger partial charge in [0.1, 0.15) is 5.82 Å². The normalized spacial score (nSPS) is 11.3. The van der Waals surface area contributed by atoms with Crippen molar-refractivity contribution in [1.29, 1.82) is 0 Å². The molecule has 5 heteroatoms. The first-order valence-electron chi connectivity index (χ1n) is 5.37. The molecule has 0 fully saturated rings. The Bertz CT molecular complexity index is 296. The largest absolute Gasteiger partial charge is 0.329 e. The number of nitrogens with zero attached hydrogens (tertiary/aromatic N) is 3. The van der Waals surface area contributed by atoms with Gasteiger partial charge in [-0.25, -0.2) is 0 Å². The van der Waals surface area contributed by atoms with E-state index in [2.05, 4.69) is 28.6 Å². The zero-order valence-corrected chi connectivity index (χ0v) is 10.5. The summed E-state index contributed by atoms with van der Waals surface area (Å²) in [7, 11) is 0. The van der Waals surface area contributed by atoms with Crippen LogP contribution in [0.5, 0.6) is 0 Å². The second kappa shape index (κ2) is 6.12. The molecular formula is C10H20N4S. The van der Waals surface area contributed by atoms with Crippen LogP contribution in [0.25, 0.3) is 0 Å². The average molecular weight is 228 g/mol. The van der Waals surface area contributed by atoms with Gasteiger partial charge in [0.15, 0.2) is 5.16 Å². The first-order valence-corrected chi connectivity index (χ1v) is 6.36. The highest BCUT2D eigenvalue weighted by atomic mass is 32.2. The minimum absolute atomic E-state index is 0.636. The summed E-state index contributed by atoms with van der Waals surface area (Å²) >= 11 is 1.77. The highest BCUT2D eigenvalue weighted by molar-refractivity contribution is 7.99. The van der Waals surface area contributed by atoms with E-state index in [0.717, 1.165) is 29.2 Å². The van der Waals surface area contributed by atoms with Gasteiger partial charge in [-0.1, -0.05) is 25.6 Å². The van der Waals surface area contributed by atoms with E-state index in [1.807, 2.05) is 6.92 Å². The number of hydrogen-bond donors (Lipinski definition) is 1. The molecule has 15 heavy (non-hydrogen) atoms. The molecule has 1 aromatic heterocycles. The summed E-state index contributed by atoms with van der Waals surface area (Å²) in [5.41, 5.74) is 5.55. The standard InChI is InChI=1S/C10H20N4S/c1-8(2)4-7-15-10-13-12-9(3)14(10)6-5-11/h8H,4-7,11H2,1-3H3. The lowest BCUT2D eigenvalue weighted by Crippen LogP contribution is -2.12. The fourth-order valence-electron chi connectivity index (χ4n) is 1.24. The van der Waals surface area contributed by atoms with Gasteiger partial charge < -0.3 is 10.3 Å². The number of thioether (sulfide) groups is 1. The summed E-state index contributed by atoms with van der Waals surface area (Å²) in [6.45, 7) is 7.88. The average Bonchev–Trinajstić information content (AvgIpc) is 2.50. The summed E-state index contributed by atoms with van der Waals surface area (Å²) in [6.07, 6.45) is 1.21. The summed E-state index contributed by atoms with van der Waals surface area (Å²) < 4.78 is 2.09. The molecule has 86 valence electrons. The lowest BCUT2D eigenvalue weighted by Gasteiger charge is -2.07. The van der Waals surface area contributed by atoms with Gasteiger partial charge in [-0.2, -0.15) is 0 Å². The molecule has 0 amide bonds. The molecule has 0 unspecified atom stereocenters. The molecule has 1 aromatic rings. The Morgan fingerprint density at radius 1 is 1.40 bits per heavy atom. The smallest absolute Gasteiger partial charge is 0.191 e. The Morgan fingerprint density at radius 3 is 2.73 bits per heavy atom. The lowest BCUT2D eigenvalue weighted by molar-refractivity contribution is 0.618. The number of hydrogen-bond acceptors (Lipinski definition) is 4. The van der Waals surface area contributed by atoms with Crippen LogP contribution >= 0.6 is 11.8 Å². The van der Waals surface area contributed by atoms with E-state index < -0.39 is 0 Å². The molecule has 0 radical (unpaired) electrons. The molecule has 0 aliphatic rings. The van der Waals surface area contributed by atoms with Crippen molar-refractivity contribution in [2.24, 2.45) is 11.7 Å². The Kier molecular flexibility index (Phi) is 5.11. The quantitative estimate of drug-likeness (QED) is 0.753. The van der Waals surface area contributed by atoms with Crippen molar-refractivity contribution < 1.29 is 0 Å². The van der Waals surface area contributed by atoms with Gasteiger partial charge in [-0.15, -0.1) is 10.2 Å². The minimum Gasteiger partial charge on any atom is -0.329 e. The van der Waals surface area contributed by atoms with Gasteiger partial charge in [0.2, 0.25) is 0 Å². The van der Waals surface area contributed by atoms with Crippen LogP contribution in [0.3, 0.4) is 0 Å². The molecule has 1 rings (SSSR count). The predicted octanol–water partition coefficient (Wildman–Crippen LogP) is 1.68. The van der Waals surface area contributed by atoms with Gasteiger partial charge in [-0.05, 0) is 19.3 Å². The maximum absolute atomic E-state index is 5.55. The van der Waals surface area contributed by atoms with E-state index in [0.29, 0.717) is 6.54 Å². The Hall–Kier alpha value is -0.550. The van der Waals surface area contributed by atoms with Crippen molar-refractivity contribution in [3.8, 4) is 0 Å². The van der Waals surface area contributed by atoms with Gasteiger partial charge in [0.05, 0.1) is 0 Å². The third kappa shape index (κ3) is 3.83. The molecular weight excluding hydrogens is 208 g/mol. The third-order valence-electron chi connectivity index (χ3n) is 2.18. The third-order valence-corrected chi connectivity index (χ3v) is 3.18. The summed E-state index contributed by atoms with van der Waals surface area (Å²) in [5, 5.41) is 9.22. The van der Waals surface area contributed by atoms with Crippen LogP contribution in [0, 0.1) is 12.8 Å². The summed E-state index contributed by atoms with van der Waals surface area (Å²) in [6, 6.07) is 0. The monoisotopic (exact) mass is 228 g/mol. The summed E-state index contributed by atoms with van der Waals surface area (Å²) in [5.74, 6) is 2.79. The first kappa shape index (κ1) is 12.5. The molecule has 0 bridgehead atoms. The van der Waals surface area contributed by atoms with Crippen LogP contribution in [0.4, 0.5) is 0 Å². The highest BCUT2D eigenvalue weighted by Crippen LogP contribution is 2.19. The van der Waals surface area contributed by atoms with Crippen molar-refractivity contribution in [2.45, 2.75) is 38.9 Å². The van der Waals surface area contributed by atoms with Crippen molar-refractivity contribution in [2.75, 3.05) is 12.3 Å². The number of rotatable bonds is 6. The van der Waals surface area contributed by atoms with Crippen molar-refractivity contribution in [1.82, 2.24) is 14.8 Å². The van der Waals surface area contributed by atoms with Crippen molar-refractivity contribution in [3.05, 3.63) is 5.82 Å². The number of nitrogens with two attached hydrogens (primary N) is 1. The lowest BCUT2D eigenvalue weighted by atomic mass is 10.2. The van der Waals surface area contributed by atoms with Crippen LogP contribution in [0.1, 0.15) is 26.1 Å². The fraction of sp³-hybridized carbons (Fsp3) is 0.800. The van der Waals surface area contributed by atoms with Gasteiger partial charge >= 0.3 is 0 Å². The minimum atomic E-state index is 0.636. The number of aromatic nitrogens is 3. The maximum atomic E-state index is 5.55. The van der Waals surface area contributed by atoms with Crippen LogP contribution in [-0.4, -0.2) is 27.1 Å². The molecule has 1 heterocycles. The molecule has 0 saturated heterocycles. The van der Waals surface area contributed by atoms with E-state index in [9.17, 15) is 0 Å². The second-order valence-corrected chi connectivity index (χ2v) is 5.06. The molecule has 0 atom stereocenters. The van der Waals surface area contributed by atoms with E-state index in [4.69, 9.17) is 5.73 Å². The Balaban J connectivity index is 2.52. The SMILES string of the molecule is Cc1nnc(SCCC(C)C)n1CCN. The topological polar surface area (TPSA) is 56.7 Å². The molecule has 0 aliphatic carbocycles. The van der Waals surface area contributed by atoms with Gasteiger partial charge in [0.25, 0.3) is 0 Å². The van der Waals surface area contributed by atoms with Crippen LogP contribution in [0.2, 0.25) is 0 Å². The van der Waals surface area contributed by atoms with E-state index in [-0.39, 0.29) is 0 Å². The van der Waals surface area contributed by atoms with Crippen molar-refractivity contribution in [3.63, 3.8) is 0 Å². The Morgan fingerprint density at radius 2 is 2.13 bits per heavy atom. The zero-order chi connectivity index (χ0) is 11.3. The van der Waals surface area contributed by atoms with Crippen LogP contribution in [0.15, 0.2) is 5.16 Å². The summed E-state index contributed by atoms with van der Waals surface area (Å²) in [4.78, 5) is 0. The molecule has 2 N–H and O–H groups in total. The molecule has 0 saturated carbocycles. The highest BCUT2D eigenvalue weighted by Gasteiger charge is 2.08. The molecule has 0 aliphatic heterocycles. The number of aryl methyl sites for hydroxylation is 1. The van der Waals surface area contributed by atoms with E-state index >= 15 is 0 Å². The fourth-order valence-corrected chi connectivity index (χ4v) is 2.49. The molecule has 0 aromatic carbocycles. The van der Waals surface area contributed by atoms with E-state index in [1.54, 1.807) is 11.8 Å². The first-order chi connectivity index (χ1) is 7.15. The van der Waals surface area contributed by atoms with Crippen molar-refractivity contribution >= 4 is 11.8 Å². The zero-order valence-electron chi connectivity index (χ0n) is 9.73. The molecule has 4 nitrogen and oxygen atoms in total. The van der Waals surface area contributed by atoms with Crippen LogP contribution in [-0.2, 0) is 6.54 Å². The predicted molar refractivity (Wildman–Crippen MR) is 64.0 cm³/mol.